The van der Waals surface area contributed by atoms with Crippen molar-refractivity contribution < 1.29 is 17.2 Å². The SMILES string of the molecule is Cc1cc(S(=O)(=O)N(Cc2cccnc2)c2cccc(F)c2)ccc1F. The van der Waals surface area contributed by atoms with Crippen molar-refractivity contribution in [3.8, 4) is 0 Å². The first-order valence-electron chi connectivity index (χ1n) is 7.81. The van der Waals surface area contributed by atoms with Crippen LogP contribution in [0.2, 0.25) is 0 Å². The molecule has 0 bridgehead atoms. The number of hydrogen-bond donors (Lipinski definition) is 0. The molecule has 0 spiro atoms. The number of benzene rings is 2. The molecule has 0 aliphatic carbocycles. The predicted octanol–water partition coefficient (Wildman–Crippen LogP) is 4.06. The van der Waals surface area contributed by atoms with Gasteiger partial charge in [-0.3, -0.25) is 9.29 Å². The van der Waals surface area contributed by atoms with Gasteiger partial charge in [0.25, 0.3) is 10.0 Å². The van der Waals surface area contributed by atoms with Gasteiger partial charge in [-0.25, -0.2) is 17.2 Å². The van der Waals surface area contributed by atoms with Gasteiger partial charge in [-0.15, -0.1) is 0 Å². The third-order valence-corrected chi connectivity index (χ3v) is 5.63. The minimum Gasteiger partial charge on any atom is -0.264 e. The van der Waals surface area contributed by atoms with Crippen molar-refractivity contribution >= 4 is 15.7 Å². The maximum absolute atomic E-state index is 13.7. The van der Waals surface area contributed by atoms with Gasteiger partial charge in [0.05, 0.1) is 17.1 Å². The van der Waals surface area contributed by atoms with Crippen LogP contribution >= 0.6 is 0 Å². The molecule has 0 fully saturated rings. The minimum atomic E-state index is -4.04. The summed E-state index contributed by atoms with van der Waals surface area (Å²) in [6, 6.07) is 12.3. The topological polar surface area (TPSA) is 50.3 Å². The Morgan fingerprint density at radius 2 is 1.85 bits per heavy atom. The lowest BCUT2D eigenvalue weighted by Crippen LogP contribution is -2.30. The summed E-state index contributed by atoms with van der Waals surface area (Å²) in [5.41, 5.74) is 1.03. The molecular formula is C19H16F2N2O2S. The lowest BCUT2D eigenvalue weighted by molar-refractivity contribution is 0.588. The highest BCUT2D eigenvalue weighted by Crippen LogP contribution is 2.27. The van der Waals surface area contributed by atoms with Crippen LogP contribution in [0, 0.1) is 18.6 Å². The summed E-state index contributed by atoms with van der Waals surface area (Å²) in [6.45, 7) is 1.46. The second kappa shape index (κ2) is 7.21. The zero-order chi connectivity index (χ0) is 18.7. The molecule has 0 atom stereocenters. The Morgan fingerprint density at radius 3 is 2.50 bits per heavy atom. The molecule has 3 aromatic rings. The molecule has 0 aliphatic heterocycles. The van der Waals surface area contributed by atoms with Gasteiger partial charge >= 0.3 is 0 Å². The smallest absolute Gasteiger partial charge is 0.264 e. The Hall–Kier alpha value is -2.80. The van der Waals surface area contributed by atoms with Gasteiger partial charge in [-0.05, 0) is 60.5 Å². The van der Waals surface area contributed by atoms with Crippen molar-refractivity contribution in [3.05, 3.63) is 89.8 Å². The molecule has 134 valence electrons. The van der Waals surface area contributed by atoms with Crippen LogP contribution in [0.25, 0.3) is 0 Å². The summed E-state index contributed by atoms with van der Waals surface area (Å²) >= 11 is 0. The van der Waals surface area contributed by atoms with Crippen molar-refractivity contribution in [2.24, 2.45) is 0 Å². The molecule has 0 unspecified atom stereocenters. The average Bonchev–Trinajstić information content (AvgIpc) is 2.62. The molecule has 3 rings (SSSR count). The molecule has 0 amide bonds. The first kappa shape index (κ1) is 18.0. The number of anilines is 1. The van der Waals surface area contributed by atoms with E-state index in [9.17, 15) is 17.2 Å². The number of hydrogen-bond acceptors (Lipinski definition) is 3. The zero-order valence-electron chi connectivity index (χ0n) is 13.9. The van der Waals surface area contributed by atoms with E-state index in [4.69, 9.17) is 0 Å². The Balaban J connectivity index is 2.11. The molecule has 2 aromatic carbocycles. The fourth-order valence-electron chi connectivity index (χ4n) is 2.51. The molecule has 0 radical (unpaired) electrons. The molecule has 7 heteroatoms. The van der Waals surface area contributed by atoms with Crippen molar-refractivity contribution in [1.82, 2.24) is 4.98 Å². The summed E-state index contributed by atoms with van der Waals surface area (Å²) in [5, 5.41) is 0. The van der Waals surface area contributed by atoms with Crippen molar-refractivity contribution in [2.45, 2.75) is 18.4 Å². The number of nitrogens with zero attached hydrogens (tertiary/aromatic N) is 2. The van der Waals surface area contributed by atoms with Gasteiger partial charge in [0.2, 0.25) is 0 Å². The number of sulfonamides is 1. The predicted molar refractivity (Wildman–Crippen MR) is 95.1 cm³/mol. The third kappa shape index (κ3) is 3.72. The van der Waals surface area contributed by atoms with Crippen LogP contribution in [0.4, 0.5) is 14.5 Å². The van der Waals surface area contributed by atoms with Gasteiger partial charge < -0.3 is 0 Å². The highest BCUT2D eigenvalue weighted by Gasteiger charge is 2.26. The van der Waals surface area contributed by atoms with Gasteiger partial charge in [0, 0.05) is 12.4 Å². The number of rotatable bonds is 5. The van der Waals surface area contributed by atoms with E-state index >= 15 is 0 Å². The Kier molecular flexibility index (Phi) is 4.99. The maximum Gasteiger partial charge on any atom is 0.264 e. The number of aromatic nitrogens is 1. The Labute approximate surface area is 150 Å². The summed E-state index contributed by atoms with van der Waals surface area (Å²) < 4.78 is 54.7. The van der Waals surface area contributed by atoms with E-state index in [1.165, 1.54) is 43.5 Å². The standard InChI is InChI=1S/C19H16F2N2O2S/c1-14-10-18(7-8-19(14)21)26(24,25)23(13-15-4-3-9-22-12-15)17-6-2-5-16(20)11-17/h2-12H,13H2,1H3. The summed E-state index contributed by atoms with van der Waals surface area (Å²) in [4.78, 5) is 3.92. The molecule has 26 heavy (non-hydrogen) atoms. The molecular weight excluding hydrogens is 358 g/mol. The molecule has 0 N–H and O–H groups in total. The summed E-state index contributed by atoms with van der Waals surface area (Å²) in [6.07, 6.45) is 3.12. The van der Waals surface area contributed by atoms with E-state index in [1.54, 1.807) is 18.3 Å². The summed E-state index contributed by atoms with van der Waals surface area (Å²) in [7, 11) is -4.04. The first-order chi connectivity index (χ1) is 12.4. The number of aryl methyl sites for hydroxylation is 1. The normalized spacial score (nSPS) is 11.3. The molecule has 4 nitrogen and oxygen atoms in total. The van der Waals surface area contributed by atoms with E-state index in [1.807, 2.05) is 0 Å². The fraction of sp³-hybridized carbons (Fsp3) is 0.105. The van der Waals surface area contributed by atoms with Gasteiger partial charge in [-0.2, -0.15) is 0 Å². The van der Waals surface area contributed by atoms with E-state index in [0.717, 1.165) is 16.4 Å². The van der Waals surface area contributed by atoms with Gasteiger partial charge in [0.15, 0.2) is 0 Å². The second-order valence-electron chi connectivity index (χ2n) is 5.76. The monoisotopic (exact) mass is 374 g/mol. The Morgan fingerprint density at radius 1 is 1.04 bits per heavy atom. The zero-order valence-corrected chi connectivity index (χ0v) is 14.7. The van der Waals surface area contributed by atoms with E-state index in [0.29, 0.717) is 5.56 Å². The van der Waals surface area contributed by atoms with Crippen LogP contribution in [-0.2, 0) is 16.6 Å². The van der Waals surface area contributed by atoms with Crippen molar-refractivity contribution in [2.75, 3.05) is 4.31 Å². The lowest BCUT2D eigenvalue weighted by Gasteiger charge is -2.25. The van der Waals surface area contributed by atoms with Crippen molar-refractivity contribution in [3.63, 3.8) is 0 Å². The Bertz CT molecular complexity index is 1020. The highest BCUT2D eigenvalue weighted by atomic mass is 32.2. The average molecular weight is 374 g/mol. The molecule has 1 aromatic heterocycles. The third-order valence-electron chi connectivity index (χ3n) is 3.86. The lowest BCUT2D eigenvalue weighted by atomic mass is 10.2. The summed E-state index contributed by atoms with van der Waals surface area (Å²) in [5.74, 6) is -1.04. The van der Waals surface area contributed by atoms with Crippen LogP contribution in [0.5, 0.6) is 0 Å². The van der Waals surface area contributed by atoms with Crippen LogP contribution in [0.3, 0.4) is 0 Å². The number of pyridine rings is 1. The van der Waals surface area contributed by atoms with Crippen LogP contribution in [0.15, 0.2) is 71.9 Å². The van der Waals surface area contributed by atoms with Gasteiger partial charge in [0.1, 0.15) is 11.6 Å². The van der Waals surface area contributed by atoms with E-state index < -0.39 is 21.7 Å². The minimum absolute atomic E-state index is 0.0317. The van der Waals surface area contributed by atoms with Crippen molar-refractivity contribution in [1.29, 1.82) is 0 Å². The van der Waals surface area contributed by atoms with E-state index in [-0.39, 0.29) is 22.7 Å². The second-order valence-corrected chi connectivity index (χ2v) is 7.63. The maximum atomic E-state index is 13.7. The molecule has 0 aliphatic rings. The van der Waals surface area contributed by atoms with Crippen LogP contribution in [0.1, 0.15) is 11.1 Å². The fourth-order valence-corrected chi connectivity index (χ4v) is 4.04. The number of halogens is 2. The highest BCUT2D eigenvalue weighted by molar-refractivity contribution is 7.92. The van der Waals surface area contributed by atoms with E-state index in [2.05, 4.69) is 4.98 Å². The largest absolute Gasteiger partial charge is 0.264 e. The van der Waals surface area contributed by atoms with Gasteiger partial charge in [-0.1, -0.05) is 12.1 Å². The quantitative estimate of drug-likeness (QED) is 0.677. The molecule has 1 heterocycles. The van der Waals surface area contributed by atoms with Crippen LogP contribution in [-0.4, -0.2) is 13.4 Å². The molecule has 0 saturated heterocycles. The first-order valence-corrected chi connectivity index (χ1v) is 9.25. The van der Waals surface area contributed by atoms with Crippen LogP contribution < -0.4 is 4.31 Å². The molecule has 0 saturated carbocycles.